The number of nitrogens with one attached hydrogen (secondary N) is 2. The molecule has 0 bridgehead atoms. The molecule has 8 heteroatoms. The minimum atomic E-state index is -0.262. The van der Waals surface area contributed by atoms with E-state index in [0.717, 1.165) is 55.6 Å². The fourth-order valence-corrected chi connectivity index (χ4v) is 5.77. The fraction of sp³-hybridized carbons (Fsp3) is 0.344. The van der Waals surface area contributed by atoms with Gasteiger partial charge in [0.25, 0.3) is 11.5 Å². The molecule has 1 aliphatic rings. The third-order valence-corrected chi connectivity index (χ3v) is 7.97. The number of nitriles is 1. The van der Waals surface area contributed by atoms with Crippen LogP contribution in [0.4, 0.5) is 0 Å². The molecule has 5 rings (SSSR count). The largest absolute Gasteiger partial charge is 0.496 e. The van der Waals surface area contributed by atoms with Crippen LogP contribution in [0.25, 0.3) is 10.9 Å². The van der Waals surface area contributed by atoms with Gasteiger partial charge in [-0.25, -0.2) is 0 Å². The summed E-state index contributed by atoms with van der Waals surface area (Å²) in [5.74, 6) is 0.774. The number of hydrogen-bond acceptors (Lipinski definition) is 5. The summed E-state index contributed by atoms with van der Waals surface area (Å²) in [5.41, 5.74) is 5.39. The number of H-pyrrole nitrogens is 1. The van der Waals surface area contributed by atoms with Crippen LogP contribution < -0.4 is 15.6 Å². The average Bonchev–Trinajstić information content (AvgIpc) is 3.24. The van der Waals surface area contributed by atoms with Gasteiger partial charge in [-0.1, -0.05) is 30.3 Å². The van der Waals surface area contributed by atoms with Crippen molar-refractivity contribution < 1.29 is 9.53 Å². The van der Waals surface area contributed by atoms with Gasteiger partial charge in [0.15, 0.2) is 0 Å². The van der Waals surface area contributed by atoms with E-state index in [-0.39, 0.29) is 18.0 Å². The number of pyridine rings is 1. The number of likely N-dealkylation sites (tertiary alicyclic amines) is 1. The number of amides is 1. The molecule has 1 amide bonds. The normalized spacial score (nSPS) is 14.2. The van der Waals surface area contributed by atoms with Crippen molar-refractivity contribution in [1.82, 2.24) is 19.8 Å². The quantitative estimate of drug-likeness (QED) is 0.340. The number of carbonyl (C=O) groups is 1. The van der Waals surface area contributed by atoms with Gasteiger partial charge in [-0.15, -0.1) is 0 Å². The Morgan fingerprint density at radius 2 is 1.85 bits per heavy atom. The van der Waals surface area contributed by atoms with Gasteiger partial charge in [0.2, 0.25) is 0 Å². The van der Waals surface area contributed by atoms with Crippen molar-refractivity contribution in [2.75, 3.05) is 20.2 Å². The molecule has 8 nitrogen and oxygen atoms in total. The number of ether oxygens (including phenoxy) is 1. The Balaban J connectivity index is 1.28. The molecule has 0 spiro atoms. The van der Waals surface area contributed by atoms with E-state index >= 15 is 0 Å². The first-order chi connectivity index (χ1) is 19.4. The van der Waals surface area contributed by atoms with Crippen LogP contribution in [0.15, 0.2) is 59.4 Å². The van der Waals surface area contributed by atoms with Crippen LogP contribution in [-0.4, -0.2) is 40.6 Å². The first-order valence-corrected chi connectivity index (χ1v) is 13.7. The molecular formula is C32H35N5O3. The summed E-state index contributed by atoms with van der Waals surface area (Å²) in [5, 5.41) is 12.9. The summed E-state index contributed by atoms with van der Waals surface area (Å²) in [6.07, 6.45) is 2.17. The lowest BCUT2D eigenvalue weighted by atomic mass is 9.96. The van der Waals surface area contributed by atoms with Gasteiger partial charge < -0.3 is 19.6 Å². The molecule has 0 radical (unpaired) electrons. The van der Waals surface area contributed by atoms with Gasteiger partial charge in [-0.05, 0) is 75.5 Å². The lowest BCUT2D eigenvalue weighted by Gasteiger charge is -2.32. The zero-order chi connectivity index (χ0) is 28.2. The van der Waals surface area contributed by atoms with Crippen molar-refractivity contribution in [1.29, 1.82) is 5.26 Å². The highest BCUT2D eigenvalue weighted by Crippen LogP contribution is 2.29. The molecule has 1 aliphatic heterocycles. The number of aromatic amines is 1. The van der Waals surface area contributed by atoms with E-state index in [2.05, 4.69) is 31.9 Å². The fourth-order valence-electron chi connectivity index (χ4n) is 5.77. The van der Waals surface area contributed by atoms with Gasteiger partial charge in [-0.2, -0.15) is 5.26 Å². The maximum Gasteiger partial charge on any atom is 0.256 e. The van der Waals surface area contributed by atoms with Crippen molar-refractivity contribution >= 4 is 16.8 Å². The van der Waals surface area contributed by atoms with Gasteiger partial charge in [0.05, 0.1) is 36.4 Å². The Morgan fingerprint density at radius 1 is 1.12 bits per heavy atom. The third-order valence-electron chi connectivity index (χ3n) is 7.97. The van der Waals surface area contributed by atoms with E-state index in [0.29, 0.717) is 34.1 Å². The molecule has 0 aliphatic carbocycles. The second-order valence-electron chi connectivity index (χ2n) is 10.6. The number of piperidine rings is 1. The summed E-state index contributed by atoms with van der Waals surface area (Å²) < 4.78 is 7.67. The molecule has 1 saturated heterocycles. The first-order valence-electron chi connectivity index (χ1n) is 13.7. The minimum Gasteiger partial charge on any atom is -0.496 e. The predicted octanol–water partition coefficient (Wildman–Crippen LogP) is 4.67. The summed E-state index contributed by atoms with van der Waals surface area (Å²) in [4.78, 5) is 31.3. The van der Waals surface area contributed by atoms with Crippen LogP contribution in [0.3, 0.4) is 0 Å². The van der Waals surface area contributed by atoms with Crippen LogP contribution in [0.5, 0.6) is 5.75 Å². The van der Waals surface area contributed by atoms with E-state index in [1.54, 1.807) is 13.0 Å². The Morgan fingerprint density at radius 3 is 2.55 bits per heavy atom. The van der Waals surface area contributed by atoms with Crippen molar-refractivity contribution in [3.8, 4) is 11.8 Å². The molecule has 2 aromatic carbocycles. The monoisotopic (exact) mass is 537 g/mol. The molecule has 1 fully saturated rings. The Kier molecular flexibility index (Phi) is 8.04. The van der Waals surface area contributed by atoms with Gasteiger partial charge in [0, 0.05) is 35.4 Å². The number of methoxy groups -OCH3 is 1. The van der Waals surface area contributed by atoms with Crippen LogP contribution >= 0.6 is 0 Å². The van der Waals surface area contributed by atoms with Gasteiger partial charge >= 0.3 is 0 Å². The Bertz CT molecular complexity index is 1620. The number of carbonyl (C=O) groups excluding carboxylic acids is 1. The number of fused-ring (bicyclic) bond motifs is 1. The van der Waals surface area contributed by atoms with E-state index in [1.165, 1.54) is 12.7 Å². The molecular weight excluding hydrogens is 502 g/mol. The maximum absolute atomic E-state index is 13.5. The molecule has 2 N–H and O–H groups in total. The van der Waals surface area contributed by atoms with E-state index in [1.807, 2.05) is 49.4 Å². The summed E-state index contributed by atoms with van der Waals surface area (Å²) in [6, 6.07) is 19.8. The summed E-state index contributed by atoms with van der Waals surface area (Å²) >= 11 is 0. The predicted molar refractivity (Wildman–Crippen MR) is 155 cm³/mol. The minimum absolute atomic E-state index is 0.0776. The van der Waals surface area contributed by atoms with Gasteiger partial charge in [0.1, 0.15) is 5.75 Å². The zero-order valence-electron chi connectivity index (χ0n) is 23.3. The molecule has 0 unspecified atom stereocenters. The number of hydrogen-bond donors (Lipinski definition) is 2. The van der Waals surface area contributed by atoms with E-state index < -0.39 is 0 Å². The van der Waals surface area contributed by atoms with Crippen LogP contribution in [0.2, 0.25) is 0 Å². The van der Waals surface area contributed by atoms with Crippen molar-refractivity contribution in [2.45, 2.75) is 46.3 Å². The smallest absolute Gasteiger partial charge is 0.256 e. The second-order valence-corrected chi connectivity index (χ2v) is 10.6. The number of para-hydroxylation sites is 1. The maximum atomic E-state index is 13.5. The molecule has 0 saturated carbocycles. The molecule has 3 heterocycles. The highest BCUT2D eigenvalue weighted by Gasteiger charge is 2.25. The highest BCUT2D eigenvalue weighted by molar-refractivity contribution is 6.08. The standard InChI is InChI=1S/C32H35N5O3/c1-21-16-29(40-3)27(31(38)35-21)18-34-32(39)30-22(2)37(28-7-5-4-6-26(28)30)20-25-12-14-36(15-13-25)19-24-10-8-23(17-33)9-11-24/h4-11,16,25H,12-15,18-20H2,1-3H3,(H,34,39)(H,35,38). The van der Waals surface area contributed by atoms with Crippen LogP contribution in [-0.2, 0) is 19.6 Å². The van der Waals surface area contributed by atoms with Crippen molar-refractivity contribution in [3.63, 3.8) is 0 Å². The third kappa shape index (κ3) is 5.65. The average molecular weight is 538 g/mol. The number of aryl methyl sites for hydroxylation is 1. The SMILES string of the molecule is COc1cc(C)[nH]c(=O)c1CNC(=O)c1c(C)n(CC2CCN(Cc3ccc(C#N)cc3)CC2)c2ccccc12. The first kappa shape index (κ1) is 27.2. The lowest BCUT2D eigenvalue weighted by molar-refractivity contribution is 0.0951. The van der Waals surface area contributed by atoms with Crippen molar-refractivity contribution in [3.05, 3.63) is 98.6 Å². The Hall–Kier alpha value is -4.35. The molecule has 206 valence electrons. The van der Waals surface area contributed by atoms with Crippen molar-refractivity contribution in [2.24, 2.45) is 5.92 Å². The molecule has 0 atom stereocenters. The molecule has 2 aromatic heterocycles. The number of nitrogens with zero attached hydrogens (tertiary/aromatic N) is 3. The molecule has 4 aromatic rings. The van der Waals surface area contributed by atoms with Crippen LogP contribution in [0.1, 0.15) is 51.3 Å². The second kappa shape index (κ2) is 11.8. The number of benzene rings is 2. The summed E-state index contributed by atoms with van der Waals surface area (Å²) in [6.45, 7) is 7.66. The molecule has 40 heavy (non-hydrogen) atoms. The zero-order valence-corrected chi connectivity index (χ0v) is 23.3. The highest BCUT2D eigenvalue weighted by atomic mass is 16.5. The lowest BCUT2D eigenvalue weighted by Crippen LogP contribution is -2.34. The Labute approximate surface area is 234 Å². The number of rotatable bonds is 8. The summed E-state index contributed by atoms with van der Waals surface area (Å²) in [7, 11) is 1.52. The van der Waals surface area contributed by atoms with E-state index in [9.17, 15) is 9.59 Å². The van der Waals surface area contributed by atoms with E-state index in [4.69, 9.17) is 10.00 Å². The topological polar surface area (TPSA) is 103 Å². The van der Waals surface area contributed by atoms with Gasteiger partial charge in [-0.3, -0.25) is 14.5 Å². The number of aromatic nitrogens is 2. The van der Waals surface area contributed by atoms with Crippen LogP contribution in [0, 0.1) is 31.1 Å².